The van der Waals surface area contributed by atoms with E-state index in [-0.39, 0.29) is 17.7 Å². The molecule has 0 aliphatic rings. The number of H-pyrrole nitrogens is 1. The smallest absolute Gasteiger partial charge is 0.274 e. The largest absolute Gasteiger partial charge is 0.497 e. The van der Waals surface area contributed by atoms with Gasteiger partial charge in [-0.3, -0.25) is 14.2 Å². The van der Waals surface area contributed by atoms with Crippen molar-refractivity contribution in [3.8, 4) is 5.75 Å². The van der Waals surface area contributed by atoms with Crippen LogP contribution < -0.4 is 26.6 Å². The van der Waals surface area contributed by atoms with Crippen molar-refractivity contribution in [3.05, 3.63) is 73.9 Å². The van der Waals surface area contributed by atoms with Gasteiger partial charge in [0.1, 0.15) is 16.4 Å². The van der Waals surface area contributed by atoms with Crippen LogP contribution in [-0.2, 0) is 6.54 Å². The second kappa shape index (κ2) is 8.87. The van der Waals surface area contributed by atoms with Crippen molar-refractivity contribution in [2.24, 2.45) is 0 Å². The summed E-state index contributed by atoms with van der Waals surface area (Å²) in [5, 5.41) is 0.633. The number of benzene rings is 1. The number of methoxy groups -OCH3 is 1. The van der Waals surface area contributed by atoms with E-state index in [0.29, 0.717) is 16.4 Å². The summed E-state index contributed by atoms with van der Waals surface area (Å²) in [7, 11) is 1.58. The van der Waals surface area contributed by atoms with E-state index in [9.17, 15) is 9.59 Å². The van der Waals surface area contributed by atoms with Crippen molar-refractivity contribution in [2.45, 2.75) is 32.7 Å². The lowest BCUT2D eigenvalue weighted by Gasteiger charge is -2.05. The zero-order valence-corrected chi connectivity index (χ0v) is 14.7. The van der Waals surface area contributed by atoms with Crippen LogP contribution in [0.2, 0.25) is 0 Å². The normalized spacial score (nSPS) is 12.4. The summed E-state index contributed by atoms with van der Waals surface area (Å²) in [6.45, 7) is 6.04. The number of hydrogen-bond donors (Lipinski definition) is 1. The van der Waals surface area contributed by atoms with Crippen LogP contribution in [0.3, 0.4) is 0 Å². The molecule has 0 aliphatic carbocycles. The summed E-state index contributed by atoms with van der Waals surface area (Å²) in [6.07, 6.45) is 7.85. The average Bonchev–Trinajstić information content (AvgIpc) is 2.62. The molecule has 25 heavy (non-hydrogen) atoms. The van der Waals surface area contributed by atoms with Crippen LogP contribution in [0.1, 0.15) is 31.7 Å². The van der Waals surface area contributed by atoms with Crippen LogP contribution in [-0.4, -0.2) is 16.7 Å². The van der Waals surface area contributed by atoms with Gasteiger partial charge in [-0.25, -0.2) is 0 Å². The van der Waals surface area contributed by atoms with Gasteiger partial charge in [-0.05, 0) is 36.6 Å². The van der Waals surface area contributed by atoms with Crippen molar-refractivity contribution < 1.29 is 4.74 Å². The lowest BCUT2D eigenvalue weighted by molar-refractivity contribution is 0.414. The highest BCUT2D eigenvalue weighted by atomic mass is 16.5. The van der Waals surface area contributed by atoms with Crippen LogP contribution in [0.25, 0.3) is 12.2 Å². The number of unbranched alkanes of at least 4 members (excludes halogenated alkanes) is 2. The van der Waals surface area contributed by atoms with Crippen LogP contribution in [0.4, 0.5) is 0 Å². The molecule has 1 N–H and O–H groups in total. The Labute approximate surface area is 146 Å². The quantitative estimate of drug-likeness (QED) is 0.614. The fraction of sp³-hybridized carbons (Fsp3) is 0.300. The van der Waals surface area contributed by atoms with E-state index in [1.54, 1.807) is 25.3 Å². The first-order valence-electron chi connectivity index (χ1n) is 8.40. The molecule has 0 atom stereocenters. The summed E-state index contributed by atoms with van der Waals surface area (Å²) in [6, 6.07) is 7.32. The van der Waals surface area contributed by atoms with Crippen molar-refractivity contribution in [1.29, 1.82) is 0 Å². The molecule has 0 radical (unpaired) electrons. The van der Waals surface area contributed by atoms with Crippen LogP contribution >= 0.6 is 0 Å². The second-order valence-corrected chi connectivity index (χ2v) is 5.72. The van der Waals surface area contributed by atoms with E-state index in [2.05, 4.69) is 18.5 Å². The molecule has 0 fully saturated rings. The van der Waals surface area contributed by atoms with Gasteiger partial charge >= 0.3 is 0 Å². The summed E-state index contributed by atoms with van der Waals surface area (Å²) < 4.78 is 6.65. The van der Waals surface area contributed by atoms with Crippen molar-refractivity contribution in [2.75, 3.05) is 7.11 Å². The maximum absolute atomic E-state index is 12.7. The van der Waals surface area contributed by atoms with E-state index >= 15 is 0 Å². The summed E-state index contributed by atoms with van der Waals surface area (Å²) in [5.74, 6) is 0.687. The molecule has 0 amide bonds. The summed E-state index contributed by atoms with van der Waals surface area (Å²) in [4.78, 5) is 28.0. The van der Waals surface area contributed by atoms with Crippen molar-refractivity contribution >= 4 is 12.2 Å². The first-order valence-corrected chi connectivity index (χ1v) is 8.40. The topological polar surface area (TPSA) is 64.1 Å². The molecule has 0 saturated carbocycles. The fourth-order valence-electron chi connectivity index (χ4n) is 2.55. The van der Waals surface area contributed by atoms with Crippen LogP contribution in [0.5, 0.6) is 5.75 Å². The van der Waals surface area contributed by atoms with Gasteiger partial charge in [0.15, 0.2) is 0 Å². The summed E-state index contributed by atoms with van der Waals surface area (Å²) in [5.41, 5.74) is 0.265. The Hall–Kier alpha value is -2.82. The number of hydrogen-bond acceptors (Lipinski definition) is 3. The molecule has 2 aromatic rings. The summed E-state index contributed by atoms with van der Waals surface area (Å²) >= 11 is 0. The second-order valence-electron chi connectivity index (χ2n) is 5.72. The maximum Gasteiger partial charge on any atom is 0.274 e. The number of allylic oxidation sites excluding steroid dienone is 1. The Kier molecular flexibility index (Phi) is 6.57. The predicted octanol–water partition coefficient (Wildman–Crippen LogP) is 1.53. The van der Waals surface area contributed by atoms with E-state index in [1.165, 1.54) is 4.57 Å². The van der Waals surface area contributed by atoms with Crippen LogP contribution in [0, 0.1) is 0 Å². The molecule has 132 valence electrons. The number of rotatable bonds is 7. The molecule has 0 unspecified atom stereocenters. The standard InChI is InChI=1S/C20H24N2O3/c1-4-6-7-11-17-20(24)22(12-5-2)18(19(23)21-17)14-15-9-8-10-16(13-15)25-3/h5,8-11,13-14H,2,4,6-7,12H2,1,3H3,(H,21,23)/b17-11-,18-14-. The van der Waals surface area contributed by atoms with Gasteiger partial charge in [0.25, 0.3) is 11.1 Å². The van der Waals surface area contributed by atoms with Crippen LogP contribution in [0.15, 0.2) is 46.5 Å². The van der Waals surface area contributed by atoms with Gasteiger partial charge in [-0.2, -0.15) is 0 Å². The first kappa shape index (κ1) is 18.5. The number of aromatic amines is 1. The molecule has 0 saturated heterocycles. The number of nitrogens with one attached hydrogen (secondary N) is 1. The molecule has 5 heteroatoms. The monoisotopic (exact) mass is 340 g/mol. The molecule has 2 rings (SSSR count). The third-order valence-corrected chi connectivity index (χ3v) is 3.86. The highest BCUT2D eigenvalue weighted by molar-refractivity contribution is 5.50. The zero-order valence-electron chi connectivity index (χ0n) is 14.7. The molecule has 1 aromatic carbocycles. The Balaban J connectivity index is 2.69. The molecular formula is C20H24N2O3. The fourth-order valence-corrected chi connectivity index (χ4v) is 2.55. The Morgan fingerprint density at radius 1 is 1.32 bits per heavy atom. The third kappa shape index (κ3) is 4.59. The highest BCUT2D eigenvalue weighted by Crippen LogP contribution is 2.12. The lowest BCUT2D eigenvalue weighted by Crippen LogP contribution is -2.53. The Morgan fingerprint density at radius 2 is 2.12 bits per heavy atom. The molecule has 0 aliphatic heterocycles. The molecule has 0 bridgehead atoms. The average molecular weight is 340 g/mol. The Morgan fingerprint density at radius 3 is 2.80 bits per heavy atom. The zero-order chi connectivity index (χ0) is 18.2. The van der Waals surface area contributed by atoms with Gasteiger partial charge in [-0.15, -0.1) is 6.58 Å². The highest BCUT2D eigenvalue weighted by Gasteiger charge is 2.04. The van der Waals surface area contributed by atoms with Gasteiger partial charge in [0, 0.05) is 6.54 Å². The van der Waals surface area contributed by atoms with Gasteiger partial charge in [0.2, 0.25) is 0 Å². The lowest BCUT2D eigenvalue weighted by atomic mass is 10.2. The van der Waals surface area contributed by atoms with E-state index in [0.717, 1.165) is 24.8 Å². The maximum atomic E-state index is 12.7. The molecule has 1 heterocycles. The minimum atomic E-state index is -0.299. The number of ether oxygens (including phenoxy) is 1. The first-order chi connectivity index (χ1) is 12.1. The van der Waals surface area contributed by atoms with Gasteiger partial charge in [0.05, 0.1) is 7.11 Å². The van der Waals surface area contributed by atoms with Crippen molar-refractivity contribution in [3.63, 3.8) is 0 Å². The Bertz CT molecular complexity index is 968. The predicted molar refractivity (Wildman–Crippen MR) is 101 cm³/mol. The SMILES string of the molecule is C=CCn1c(=O)/c(=C/CCCC)[nH]c(=O)/c1=C/c1cccc(OC)c1. The van der Waals surface area contributed by atoms with Crippen molar-refractivity contribution in [1.82, 2.24) is 9.55 Å². The minimum absolute atomic E-state index is 0.218. The molecule has 5 nitrogen and oxygen atoms in total. The number of aromatic nitrogens is 2. The van der Waals surface area contributed by atoms with E-state index in [4.69, 9.17) is 4.74 Å². The molecular weight excluding hydrogens is 316 g/mol. The molecule has 0 spiro atoms. The molecule has 1 aromatic heterocycles. The minimum Gasteiger partial charge on any atom is -0.497 e. The van der Waals surface area contributed by atoms with E-state index in [1.807, 2.05) is 24.3 Å². The van der Waals surface area contributed by atoms with Gasteiger partial charge in [-0.1, -0.05) is 37.6 Å². The van der Waals surface area contributed by atoms with E-state index < -0.39 is 0 Å². The number of nitrogens with zero attached hydrogens (tertiary/aromatic N) is 1. The third-order valence-electron chi connectivity index (χ3n) is 3.86. The van der Waals surface area contributed by atoms with Gasteiger partial charge < -0.3 is 9.72 Å².